The Balaban J connectivity index is 1.91. The standard InChI is InChI=1S/C28H30ClFN2O3/c1-20(2)17-31-28(34)26(15-21-9-4-3-5-10-21)32(18-22-11-6-7-14-25(22)30)27(33)19-35-24-13-8-12-23(29)16-24/h3-14,16,20,26H,15,17-19H2,1-2H3,(H,31,34)/t26-/m1/s1. The van der Waals surface area contributed by atoms with E-state index in [0.717, 1.165) is 5.56 Å². The number of nitrogens with one attached hydrogen (secondary N) is 1. The third-order valence-electron chi connectivity index (χ3n) is 5.41. The lowest BCUT2D eigenvalue weighted by molar-refractivity contribution is -0.142. The van der Waals surface area contributed by atoms with Crippen LogP contribution in [0.15, 0.2) is 78.9 Å². The predicted molar refractivity (Wildman–Crippen MR) is 136 cm³/mol. The van der Waals surface area contributed by atoms with Crippen LogP contribution in [0.3, 0.4) is 0 Å². The molecule has 1 N–H and O–H groups in total. The molecule has 0 saturated carbocycles. The molecule has 35 heavy (non-hydrogen) atoms. The van der Waals surface area contributed by atoms with Crippen molar-refractivity contribution in [2.24, 2.45) is 5.92 Å². The van der Waals surface area contributed by atoms with Gasteiger partial charge in [0.25, 0.3) is 5.91 Å². The minimum atomic E-state index is -0.855. The van der Waals surface area contributed by atoms with Crippen molar-refractivity contribution in [3.63, 3.8) is 0 Å². The number of rotatable bonds is 11. The number of carbonyl (C=O) groups is 2. The third-order valence-corrected chi connectivity index (χ3v) is 5.65. The van der Waals surface area contributed by atoms with E-state index in [-0.39, 0.29) is 31.4 Å². The summed E-state index contributed by atoms with van der Waals surface area (Å²) in [7, 11) is 0. The molecular weight excluding hydrogens is 467 g/mol. The maximum Gasteiger partial charge on any atom is 0.261 e. The fourth-order valence-electron chi connectivity index (χ4n) is 3.57. The first-order valence-electron chi connectivity index (χ1n) is 11.6. The van der Waals surface area contributed by atoms with Crippen LogP contribution in [0.1, 0.15) is 25.0 Å². The van der Waals surface area contributed by atoms with Gasteiger partial charge in [-0.05, 0) is 35.7 Å². The summed E-state index contributed by atoms with van der Waals surface area (Å²) in [4.78, 5) is 28.2. The first kappa shape index (κ1) is 26.2. The summed E-state index contributed by atoms with van der Waals surface area (Å²) < 4.78 is 20.2. The third kappa shape index (κ3) is 8.11. The Kier molecular flexibility index (Phi) is 9.67. The van der Waals surface area contributed by atoms with Gasteiger partial charge in [0.1, 0.15) is 17.6 Å². The summed E-state index contributed by atoms with van der Waals surface area (Å²) in [5.74, 6) is -0.510. The highest BCUT2D eigenvalue weighted by Crippen LogP contribution is 2.19. The van der Waals surface area contributed by atoms with Crippen LogP contribution in [0.5, 0.6) is 5.75 Å². The topological polar surface area (TPSA) is 58.6 Å². The lowest BCUT2D eigenvalue weighted by atomic mass is 10.0. The van der Waals surface area contributed by atoms with Crippen molar-refractivity contribution in [3.05, 3.63) is 101 Å². The van der Waals surface area contributed by atoms with Crippen molar-refractivity contribution in [2.45, 2.75) is 32.9 Å². The highest BCUT2D eigenvalue weighted by molar-refractivity contribution is 6.30. The van der Waals surface area contributed by atoms with Crippen molar-refractivity contribution in [1.29, 1.82) is 0 Å². The number of ether oxygens (including phenoxy) is 1. The number of halogens is 2. The summed E-state index contributed by atoms with van der Waals surface area (Å²) in [6, 6.07) is 21.5. The molecule has 0 saturated heterocycles. The smallest absolute Gasteiger partial charge is 0.261 e. The van der Waals surface area contributed by atoms with E-state index < -0.39 is 17.8 Å². The van der Waals surface area contributed by atoms with Crippen LogP contribution in [-0.4, -0.2) is 35.9 Å². The number of nitrogens with zero attached hydrogens (tertiary/aromatic N) is 1. The minimum absolute atomic E-state index is 0.0724. The van der Waals surface area contributed by atoms with Gasteiger partial charge in [0, 0.05) is 30.1 Å². The largest absolute Gasteiger partial charge is 0.484 e. The zero-order valence-corrected chi connectivity index (χ0v) is 20.7. The molecular formula is C28H30ClFN2O3. The van der Waals surface area contributed by atoms with Crippen molar-refractivity contribution in [1.82, 2.24) is 10.2 Å². The second-order valence-corrected chi connectivity index (χ2v) is 9.14. The van der Waals surface area contributed by atoms with E-state index >= 15 is 0 Å². The highest BCUT2D eigenvalue weighted by Gasteiger charge is 2.31. The molecule has 7 heteroatoms. The zero-order chi connectivity index (χ0) is 25.2. The molecule has 0 bridgehead atoms. The summed E-state index contributed by atoms with van der Waals surface area (Å²) in [5.41, 5.74) is 1.21. The number of hydrogen-bond acceptors (Lipinski definition) is 3. The Morgan fingerprint density at radius 2 is 1.71 bits per heavy atom. The number of amides is 2. The van der Waals surface area contributed by atoms with Crippen LogP contribution in [0.25, 0.3) is 0 Å². The molecule has 1 atom stereocenters. The lowest BCUT2D eigenvalue weighted by Crippen LogP contribution is -2.52. The highest BCUT2D eigenvalue weighted by atomic mass is 35.5. The average molecular weight is 497 g/mol. The van der Waals surface area contributed by atoms with Gasteiger partial charge in [0.05, 0.1) is 0 Å². The minimum Gasteiger partial charge on any atom is -0.484 e. The summed E-state index contributed by atoms with van der Waals surface area (Å²) in [6.07, 6.45) is 0.280. The molecule has 0 aliphatic rings. The normalized spacial score (nSPS) is 11.7. The molecule has 184 valence electrons. The van der Waals surface area contributed by atoms with Crippen LogP contribution in [0.4, 0.5) is 4.39 Å². The second kappa shape index (κ2) is 12.9. The van der Waals surface area contributed by atoms with Gasteiger partial charge in [0.2, 0.25) is 5.91 Å². The molecule has 0 fully saturated rings. The van der Waals surface area contributed by atoms with Crippen LogP contribution < -0.4 is 10.1 Å². The van der Waals surface area contributed by atoms with Gasteiger partial charge >= 0.3 is 0 Å². The van der Waals surface area contributed by atoms with Crippen molar-refractivity contribution >= 4 is 23.4 Å². The summed E-state index contributed by atoms with van der Waals surface area (Å²) >= 11 is 6.02. The Bertz CT molecular complexity index is 1120. The molecule has 0 aliphatic heterocycles. The molecule has 0 spiro atoms. The maximum atomic E-state index is 14.6. The van der Waals surface area contributed by atoms with E-state index in [1.54, 1.807) is 42.5 Å². The number of hydrogen-bond donors (Lipinski definition) is 1. The summed E-state index contributed by atoms with van der Waals surface area (Å²) in [6.45, 7) is 4.06. The van der Waals surface area contributed by atoms with Crippen molar-refractivity contribution in [3.8, 4) is 5.75 Å². The van der Waals surface area contributed by atoms with Crippen molar-refractivity contribution in [2.75, 3.05) is 13.2 Å². The average Bonchev–Trinajstić information content (AvgIpc) is 2.85. The molecule has 2 amide bonds. The van der Waals surface area contributed by atoms with Crippen LogP contribution in [0, 0.1) is 11.7 Å². The molecule has 3 rings (SSSR count). The van der Waals surface area contributed by atoms with Gasteiger partial charge in [-0.3, -0.25) is 9.59 Å². The second-order valence-electron chi connectivity index (χ2n) is 8.70. The van der Waals surface area contributed by atoms with Gasteiger partial charge in [-0.2, -0.15) is 0 Å². The molecule has 0 heterocycles. The molecule has 0 aliphatic carbocycles. The molecule has 3 aromatic rings. The Labute approximate surface area is 210 Å². The molecule has 0 radical (unpaired) electrons. The Hall–Kier alpha value is -3.38. The monoisotopic (exact) mass is 496 g/mol. The zero-order valence-electron chi connectivity index (χ0n) is 19.9. The lowest BCUT2D eigenvalue weighted by Gasteiger charge is -2.31. The van der Waals surface area contributed by atoms with Crippen LogP contribution in [0.2, 0.25) is 5.02 Å². The van der Waals surface area contributed by atoms with Crippen LogP contribution in [-0.2, 0) is 22.6 Å². The summed E-state index contributed by atoms with van der Waals surface area (Å²) in [5, 5.41) is 3.41. The first-order chi connectivity index (χ1) is 16.8. The van der Waals surface area contributed by atoms with E-state index in [9.17, 15) is 14.0 Å². The van der Waals surface area contributed by atoms with Gasteiger partial charge in [-0.15, -0.1) is 0 Å². The predicted octanol–water partition coefficient (Wildman–Crippen LogP) is 5.27. The fourth-order valence-corrected chi connectivity index (χ4v) is 3.75. The van der Waals surface area contributed by atoms with E-state index in [1.807, 2.05) is 44.2 Å². The number of carbonyl (C=O) groups excluding carboxylic acids is 2. The van der Waals surface area contributed by atoms with Gasteiger partial charge in [-0.25, -0.2) is 4.39 Å². The molecule has 0 unspecified atom stereocenters. The quantitative estimate of drug-likeness (QED) is 0.393. The fraction of sp³-hybridized carbons (Fsp3) is 0.286. The first-order valence-corrected chi connectivity index (χ1v) is 11.9. The maximum absolute atomic E-state index is 14.6. The Morgan fingerprint density at radius 3 is 2.40 bits per heavy atom. The van der Waals surface area contributed by atoms with Gasteiger partial charge in [0.15, 0.2) is 6.61 Å². The van der Waals surface area contributed by atoms with E-state index in [4.69, 9.17) is 16.3 Å². The van der Waals surface area contributed by atoms with Crippen LogP contribution >= 0.6 is 11.6 Å². The SMILES string of the molecule is CC(C)CNC(=O)[C@@H](Cc1ccccc1)N(Cc1ccccc1F)C(=O)COc1cccc(Cl)c1. The molecule has 5 nitrogen and oxygen atoms in total. The van der Waals surface area contributed by atoms with E-state index in [2.05, 4.69) is 5.32 Å². The molecule has 3 aromatic carbocycles. The number of benzene rings is 3. The van der Waals surface area contributed by atoms with Crippen molar-refractivity contribution < 1.29 is 18.7 Å². The van der Waals surface area contributed by atoms with Gasteiger partial charge < -0.3 is 15.0 Å². The Morgan fingerprint density at radius 1 is 1.00 bits per heavy atom. The van der Waals surface area contributed by atoms with E-state index in [0.29, 0.717) is 22.9 Å². The van der Waals surface area contributed by atoms with E-state index in [1.165, 1.54) is 11.0 Å². The van der Waals surface area contributed by atoms with Gasteiger partial charge in [-0.1, -0.05) is 80.0 Å². The molecule has 0 aromatic heterocycles.